The number of benzene rings is 10. The number of nitrogens with zero attached hydrogens (tertiary/aromatic N) is 10. The van der Waals surface area contributed by atoms with Crippen LogP contribution in [0.5, 0.6) is 11.5 Å². The van der Waals surface area contributed by atoms with Crippen molar-refractivity contribution in [1.29, 1.82) is 0 Å². The first-order valence-electron chi connectivity index (χ1n) is 49.9. The number of piperidine rings is 3. The van der Waals surface area contributed by atoms with E-state index in [1.54, 1.807) is 141 Å². The highest BCUT2D eigenvalue weighted by atomic mass is 19.1. The van der Waals surface area contributed by atoms with Crippen molar-refractivity contribution in [2.24, 2.45) is 17.8 Å². The van der Waals surface area contributed by atoms with E-state index in [2.05, 4.69) is 87.9 Å². The molecule has 4 aromatic heterocycles. The number of aryl methyl sites for hydroxylation is 1. The molecule has 7 N–H and O–H groups in total. The number of halogens is 2. The van der Waals surface area contributed by atoms with Crippen molar-refractivity contribution in [2.75, 3.05) is 106 Å². The quantitative estimate of drug-likeness (QED) is 0.0239. The van der Waals surface area contributed by atoms with Crippen molar-refractivity contribution in [1.82, 2.24) is 74.8 Å². The van der Waals surface area contributed by atoms with E-state index in [-0.39, 0.29) is 90.2 Å². The van der Waals surface area contributed by atoms with Crippen LogP contribution in [0.25, 0.3) is 22.1 Å². The number of methoxy groups -OCH3 is 2. The number of likely N-dealkylation sites (tertiary alicyclic amines) is 3. The van der Waals surface area contributed by atoms with Gasteiger partial charge in [-0.15, -0.1) is 0 Å². The van der Waals surface area contributed by atoms with E-state index in [4.69, 9.17) is 9.47 Å². The maximum absolute atomic E-state index is 13.5. The summed E-state index contributed by atoms with van der Waals surface area (Å²) in [5, 5.41) is 25.3. The Morgan fingerprint density at radius 1 is 0.432 bits per heavy atom. The third-order valence-corrected chi connectivity index (χ3v) is 27.6. The monoisotopic (exact) mass is 1970 g/mol. The predicted octanol–water partition coefficient (Wildman–Crippen LogP) is 16.5. The summed E-state index contributed by atoms with van der Waals surface area (Å²) in [5.41, 5.74) is 14.1. The van der Waals surface area contributed by atoms with E-state index >= 15 is 0 Å². The standard InChI is InChI=1S/C27H29N3O4.C26H32N2O5.C25H22F2N4O.C21H22N4O2.C17H20N2O/c1-33-22-8-9-23(24(18-22)34-2)27(32)30-16-12-20(13-17-30)25(19-6-4-3-5-7-19)29-26(31)21-10-14-28-15-11-21;29-22(17-24(30)27-23(26(32)33)16-20-9-5-2-6-10-20)18-25(31)28-13-11-21(12-14-28)15-19-7-3-1-4-8-19;26-20-6-1-17(2-7-20)24(18-3-8-21(27)9-4-18)30-11-13-31(14-12-30)25(32)19-5-10-22-23(15-19)29-16-28-22;26-20(9-6-16-4-2-1-3-5-16)24-10-12-25(13-11-24)21(27)17-7-8-18-19(14-17)23-15-22-18;20-17(16-6-9-18-13-16)19-10-7-15(8-11-19)12-14-4-2-1-3-5-14/h3-11,14-15,18,20,25H,12-13,16-17H2,1-2H3,(H,29,31);1-10,21-23,29H,11-18H2,(H,27,30)(H,32,33);1-10,15-16,24H,11-14H2,(H,28,29);1-5,7-8,14-15H,6,9-13H2,(H,22,23);1-6,9,13,15,18H,7-8,10-12H2. The van der Waals surface area contributed by atoms with Gasteiger partial charge in [-0.1, -0.05) is 176 Å². The number of hydrogen-bond acceptors (Lipinski definition) is 16. The van der Waals surface area contributed by atoms with Crippen LogP contribution in [-0.4, -0.2) is 246 Å². The van der Waals surface area contributed by atoms with Crippen LogP contribution < -0.4 is 20.1 Å². The number of aliphatic carboxylic acids is 1. The number of carbonyl (C=O) groups excluding carboxylic acids is 8. The van der Waals surface area contributed by atoms with Gasteiger partial charge in [-0.05, 0) is 205 Å². The summed E-state index contributed by atoms with van der Waals surface area (Å²) in [6.45, 7) is 9.00. The third kappa shape index (κ3) is 29.5. The summed E-state index contributed by atoms with van der Waals surface area (Å²) in [6.07, 6.45) is 17.6. The molecule has 30 heteroatoms. The summed E-state index contributed by atoms with van der Waals surface area (Å²) in [5.74, 6) is 0.205. The van der Waals surface area contributed by atoms with Crippen molar-refractivity contribution in [3.8, 4) is 11.5 Å². The fourth-order valence-electron chi connectivity index (χ4n) is 19.4. The highest BCUT2D eigenvalue weighted by molar-refractivity contribution is 6.00. The summed E-state index contributed by atoms with van der Waals surface area (Å²) in [4.78, 5) is 148. The van der Waals surface area contributed by atoms with E-state index in [9.17, 15) is 62.1 Å². The van der Waals surface area contributed by atoms with Gasteiger partial charge in [0.2, 0.25) is 17.7 Å². The normalized spacial score (nSPS) is 15.3. The Balaban J connectivity index is 0.000000138. The minimum Gasteiger partial charge on any atom is -0.497 e. The number of carboxylic acids is 1. The molecular formula is C116H125F2N15O13. The molecule has 0 spiro atoms. The number of pyridine rings is 1. The lowest BCUT2D eigenvalue weighted by Gasteiger charge is -2.39. The molecule has 0 saturated carbocycles. The summed E-state index contributed by atoms with van der Waals surface area (Å²) in [7, 11) is 3.13. The average Bonchev–Trinajstić information content (AvgIpc) is 0.944. The van der Waals surface area contributed by atoms with E-state index < -0.39 is 24.0 Å². The molecule has 0 radical (unpaired) electrons. The summed E-state index contributed by atoms with van der Waals surface area (Å²) in [6, 6.07) is 82.9. The number of carbonyl (C=O) groups is 9. The number of carboxylic acid groups (broad SMARTS) is 1. The number of aliphatic hydroxyl groups is 1. The molecule has 19 rings (SSSR count). The zero-order valence-corrected chi connectivity index (χ0v) is 82.2. The van der Waals surface area contributed by atoms with Crippen LogP contribution in [0, 0.1) is 29.4 Å². The number of imidazole rings is 2. The molecule has 28 nitrogen and oxygen atoms in total. The Labute approximate surface area is 848 Å². The summed E-state index contributed by atoms with van der Waals surface area (Å²) < 4.78 is 37.7. The number of piperazine rings is 2. The van der Waals surface area contributed by atoms with Crippen LogP contribution >= 0.6 is 0 Å². The van der Waals surface area contributed by atoms with Gasteiger partial charge >= 0.3 is 5.97 Å². The second-order valence-corrected chi connectivity index (χ2v) is 37.3. The van der Waals surface area contributed by atoms with Crippen LogP contribution in [0.3, 0.4) is 0 Å². The molecule has 9 heterocycles. The lowest BCUT2D eigenvalue weighted by atomic mass is 9.85. The smallest absolute Gasteiger partial charge is 0.326 e. The molecule has 0 aliphatic carbocycles. The van der Waals surface area contributed by atoms with E-state index in [0.717, 1.165) is 121 Å². The van der Waals surface area contributed by atoms with Crippen LogP contribution in [0.1, 0.15) is 161 Å². The van der Waals surface area contributed by atoms with Gasteiger partial charge in [0, 0.05) is 152 Å². The molecule has 756 valence electrons. The van der Waals surface area contributed by atoms with E-state index in [1.165, 1.54) is 41.0 Å². The van der Waals surface area contributed by atoms with Crippen molar-refractivity contribution in [2.45, 2.75) is 108 Å². The maximum atomic E-state index is 13.5. The molecular weight excluding hydrogens is 1850 g/mol. The number of fused-ring (bicyclic) bond motifs is 2. The van der Waals surface area contributed by atoms with E-state index in [0.29, 0.717) is 131 Å². The number of ether oxygens (including phenoxy) is 2. The molecule has 0 bridgehead atoms. The highest BCUT2D eigenvalue weighted by Crippen LogP contribution is 2.36. The number of H-pyrrole nitrogens is 3. The Kier molecular flexibility index (Phi) is 37.5. The number of rotatable bonds is 28. The minimum atomic E-state index is -1.15. The first-order valence-corrected chi connectivity index (χ1v) is 49.9. The maximum Gasteiger partial charge on any atom is 0.326 e. The fraction of sp³-hybridized carbons (Fsp3) is 0.310. The fourth-order valence-corrected chi connectivity index (χ4v) is 19.4. The Morgan fingerprint density at radius 3 is 1.39 bits per heavy atom. The molecule has 5 saturated heterocycles. The van der Waals surface area contributed by atoms with Crippen LogP contribution in [0.4, 0.5) is 8.78 Å². The first kappa shape index (κ1) is 105. The Hall–Kier alpha value is -15.8. The van der Waals surface area contributed by atoms with E-state index in [1.807, 2.05) is 146 Å². The first-order chi connectivity index (χ1) is 71.1. The molecule has 3 unspecified atom stereocenters. The molecule has 5 aliphatic rings. The predicted molar refractivity (Wildman–Crippen MR) is 555 cm³/mol. The number of aromatic nitrogens is 6. The lowest BCUT2D eigenvalue weighted by Crippen LogP contribution is -2.50. The third-order valence-electron chi connectivity index (χ3n) is 27.6. The Morgan fingerprint density at radius 2 is 0.890 bits per heavy atom. The summed E-state index contributed by atoms with van der Waals surface area (Å²) >= 11 is 0. The Bertz CT molecular complexity index is 6510. The van der Waals surface area contributed by atoms with Crippen molar-refractivity contribution in [3.63, 3.8) is 0 Å². The number of aromatic amines is 3. The van der Waals surface area contributed by atoms with Gasteiger partial charge < -0.3 is 74.7 Å². The van der Waals surface area contributed by atoms with Gasteiger partial charge in [0.15, 0.2) is 0 Å². The van der Waals surface area contributed by atoms with Gasteiger partial charge in [0.05, 0.1) is 91.1 Å². The number of amides is 8. The largest absolute Gasteiger partial charge is 0.497 e. The van der Waals surface area contributed by atoms with Crippen LogP contribution in [0.15, 0.2) is 310 Å². The van der Waals surface area contributed by atoms with Crippen molar-refractivity contribution < 1.29 is 71.6 Å². The van der Waals surface area contributed by atoms with Crippen molar-refractivity contribution >= 4 is 75.3 Å². The minimum absolute atomic E-state index is 0.00267. The average molecular weight is 1980 g/mol. The van der Waals surface area contributed by atoms with Gasteiger partial charge in [-0.2, -0.15) is 0 Å². The molecule has 146 heavy (non-hydrogen) atoms. The highest BCUT2D eigenvalue weighted by Gasteiger charge is 2.36. The second-order valence-electron chi connectivity index (χ2n) is 37.3. The number of nitrogens with one attached hydrogen (secondary N) is 5. The molecule has 3 atom stereocenters. The molecule has 10 aromatic carbocycles. The number of aliphatic hydroxyl groups excluding tert-OH is 1. The lowest BCUT2D eigenvalue weighted by molar-refractivity contribution is -0.142. The number of hydrogen-bond donors (Lipinski definition) is 7. The second kappa shape index (κ2) is 52.4. The van der Waals surface area contributed by atoms with Gasteiger partial charge in [0.1, 0.15) is 29.2 Å². The molecule has 14 aromatic rings. The van der Waals surface area contributed by atoms with Gasteiger partial charge in [-0.3, -0.25) is 48.2 Å². The SMILES string of the molecule is COc1ccc(C(=O)N2CCC(C(NC(=O)c3ccncc3)c3ccccc3)CC2)c(OC)c1.O=C(CC(O)CC(=O)N1CCC(Cc2ccccc2)CC1)NC(Cc1ccccc1)C(=O)O.O=C(CCc1ccccc1)N1CCN(C(=O)c2ccc3nc[nH]c3c2)CC1.O=C(c1cc[nH]c1)N1CCC(Cc2ccccc2)CC1.O=C(c1ccc2nc[nH]c2c1)N1CCN(C(c2ccc(F)cc2)c2ccc(F)cc2)CC1. The zero-order chi connectivity index (χ0) is 102. The zero-order valence-electron chi connectivity index (χ0n) is 82.2. The van der Waals surface area contributed by atoms with Gasteiger partial charge in [-0.25, -0.2) is 23.5 Å². The molecule has 5 fully saturated rings. The molecule has 5 aliphatic heterocycles. The van der Waals surface area contributed by atoms with Crippen molar-refractivity contribution in [3.05, 3.63) is 389 Å². The van der Waals surface area contributed by atoms with Crippen LogP contribution in [0.2, 0.25) is 0 Å². The molecule has 8 amide bonds. The van der Waals surface area contributed by atoms with Crippen LogP contribution in [-0.2, 0) is 44.9 Å². The topological polar surface area (TPSA) is 345 Å². The van der Waals surface area contributed by atoms with Gasteiger partial charge in [0.25, 0.3) is 29.5 Å².